The van der Waals surface area contributed by atoms with Crippen molar-refractivity contribution in [1.82, 2.24) is 19.7 Å². The average molecular weight is 344 g/mol. The highest BCUT2D eigenvalue weighted by atomic mass is 19.4. The summed E-state index contributed by atoms with van der Waals surface area (Å²) in [4.78, 5) is 7.93. The molecular formula is C16H11F3N6. The van der Waals surface area contributed by atoms with E-state index in [0.29, 0.717) is 18.1 Å². The molecule has 0 aliphatic heterocycles. The van der Waals surface area contributed by atoms with Crippen molar-refractivity contribution in [3.63, 3.8) is 0 Å². The topological polar surface area (TPSA) is 79.4 Å². The van der Waals surface area contributed by atoms with Gasteiger partial charge in [0.15, 0.2) is 11.4 Å². The van der Waals surface area contributed by atoms with E-state index in [4.69, 9.17) is 5.26 Å². The molecule has 0 amide bonds. The summed E-state index contributed by atoms with van der Waals surface area (Å²) in [6.45, 7) is 0.452. The van der Waals surface area contributed by atoms with Crippen LogP contribution < -0.4 is 5.32 Å². The number of hydrogen-bond acceptors (Lipinski definition) is 5. The second-order valence-electron chi connectivity index (χ2n) is 5.06. The van der Waals surface area contributed by atoms with E-state index in [1.54, 1.807) is 24.3 Å². The minimum Gasteiger partial charge on any atom is -0.365 e. The Kier molecular flexibility index (Phi) is 4.35. The van der Waals surface area contributed by atoms with Gasteiger partial charge in [-0.15, -0.1) is 0 Å². The monoisotopic (exact) mass is 344 g/mol. The number of nitriles is 1. The maximum atomic E-state index is 12.6. The van der Waals surface area contributed by atoms with Crippen LogP contribution in [0.1, 0.15) is 17.0 Å². The summed E-state index contributed by atoms with van der Waals surface area (Å²) in [5.41, 5.74) is 0.723. The Morgan fingerprint density at radius 3 is 2.40 bits per heavy atom. The smallest absolute Gasteiger partial charge is 0.365 e. The standard InChI is InChI=1S/C16H11F3N6/c17-16(18,19)14-5-6-25(24-14)13-3-1-11(2-4-13)8-22-15-10-21-12(7-20)9-23-15/h1-6,9-10H,8H2,(H,22,23). The van der Waals surface area contributed by atoms with Gasteiger partial charge in [-0.25, -0.2) is 14.6 Å². The van der Waals surface area contributed by atoms with Crippen LogP contribution in [0.3, 0.4) is 0 Å². The number of alkyl halides is 3. The van der Waals surface area contributed by atoms with Crippen molar-refractivity contribution in [2.24, 2.45) is 0 Å². The molecule has 2 aromatic heterocycles. The number of nitrogens with zero attached hydrogens (tertiary/aromatic N) is 5. The zero-order valence-corrected chi connectivity index (χ0v) is 12.7. The highest BCUT2D eigenvalue weighted by molar-refractivity contribution is 5.38. The van der Waals surface area contributed by atoms with Crippen LogP contribution in [0.2, 0.25) is 0 Å². The fraction of sp³-hybridized carbons (Fsp3) is 0.125. The molecule has 0 saturated heterocycles. The molecule has 126 valence electrons. The van der Waals surface area contributed by atoms with Crippen molar-refractivity contribution in [2.75, 3.05) is 5.32 Å². The number of halogens is 3. The second kappa shape index (κ2) is 6.60. The number of aromatic nitrogens is 4. The van der Waals surface area contributed by atoms with Crippen LogP contribution in [-0.4, -0.2) is 19.7 Å². The maximum absolute atomic E-state index is 12.6. The molecule has 0 aliphatic carbocycles. The highest BCUT2D eigenvalue weighted by Crippen LogP contribution is 2.27. The van der Waals surface area contributed by atoms with Crippen LogP contribution in [0.15, 0.2) is 48.9 Å². The number of anilines is 1. The van der Waals surface area contributed by atoms with E-state index in [0.717, 1.165) is 11.6 Å². The molecule has 0 radical (unpaired) electrons. The fourth-order valence-corrected chi connectivity index (χ4v) is 2.06. The number of hydrogen-bond donors (Lipinski definition) is 1. The summed E-state index contributed by atoms with van der Waals surface area (Å²) in [5, 5.41) is 15.2. The number of rotatable bonds is 4. The third kappa shape index (κ3) is 3.92. The van der Waals surface area contributed by atoms with Crippen molar-refractivity contribution >= 4 is 5.82 Å². The lowest BCUT2D eigenvalue weighted by Gasteiger charge is -2.07. The molecule has 0 fully saturated rings. The normalized spacial score (nSPS) is 11.1. The van der Waals surface area contributed by atoms with Crippen LogP contribution in [0.25, 0.3) is 5.69 Å². The van der Waals surface area contributed by atoms with Gasteiger partial charge in [-0.2, -0.15) is 23.5 Å². The summed E-state index contributed by atoms with van der Waals surface area (Å²) in [7, 11) is 0. The van der Waals surface area contributed by atoms with Crippen molar-refractivity contribution < 1.29 is 13.2 Å². The van der Waals surface area contributed by atoms with Gasteiger partial charge >= 0.3 is 6.18 Å². The van der Waals surface area contributed by atoms with Gasteiger partial charge in [-0.05, 0) is 23.8 Å². The van der Waals surface area contributed by atoms with Crippen LogP contribution in [-0.2, 0) is 12.7 Å². The van der Waals surface area contributed by atoms with Crippen LogP contribution in [0.4, 0.5) is 19.0 Å². The fourth-order valence-electron chi connectivity index (χ4n) is 2.06. The first-order chi connectivity index (χ1) is 12.0. The molecule has 6 nitrogen and oxygen atoms in total. The van der Waals surface area contributed by atoms with Gasteiger partial charge in [0.2, 0.25) is 0 Å². The lowest BCUT2D eigenvalue weighted by molar-refractivity contribution is -0.141. The first-order valence-corrected chi connectivity index (χ1v) is 7.14. The lowest BCUT2D eigenvalue weighted by Crippen LogP contribution is -2.07. The molecule has 3 rings (SSSR count). The third-order valence-electron chi connectivity index (χ3n) is 3.32. The van der Waals surface area contributed by atoms with Crippen molar-refractivity contribution in [1.29, 1.82) is 5.26 Å². The van der Waals surface area contributed by atoms with Crippen molar-refractivity contribution in [3.8, 4) is 11.8 Å². The minimum atomic E-state index is -4.46. The van der Waals surface area contributed by atoms with E-state index in [2.05, 4.69) is 20.4 Å². The Balaban J connectivity index is 1.65. The summed E-state index contributed by atoms with van der Waals surface area (Å²) in [6.07, 6.45) is -0.379. The molecule has 1 N–H and O–H groups in total. The minimum absolute atomic E-state index is 0.229. The Hall–Kier alpha value is -3.41. The SMILES string of the molecule is N#Cc1cnc(NCc2ccc(-n3ccc(C(F)(F)F)n3)cc2)cn1. The first kappa shape index (κ1) is 16.4. The zero-order valence-electron chi connectivity index (χ0n) is 12.7. The van der Waals surface area contributed by atoms with E-state index >= 15 is 0 Å². The summed E-state index contributed by atoms with van der Waals surface area (Å²) in [5.74, 6) is 0.518. The molecule has 3 aromatic rings. The Morgan fingerprint density at radius 1 is 1.08 bits per heavy atom. The molecule has 0 unspecified atom stereocenters. The summed E-state index contributed by atoms with van der Waals surface area (Å²) in [6, 6.07) is 9.71. The molecule has 25 heavy (non-hydrogen) atoms. The van der Waals surface area contributed by atoms with Gasteiger partial charge in [-0.1, -0.05) is 12.1 Å². The van der Waals surface area contributed by atoms with Gasteiger partial charge < -0.3 is 5.32 Å². The molecule has 0 saturated carbocycles. The van der Waals surface area contributed by atoms with Crippen LogP contribution in [0, 0.1) is 11.3 Å². The van der Waals surface area contributed by atoms with Crippen LogP contribution >= 0.6 is 0 Å². The zero-order chi connectivity index (χ0) is 17.9. The Morgan fingerprint density at radius 2 is 1.84 bits per heavy atom. The van der Waals surface area contributed by atoms with E-state index < -0.39 is 11.9 Å². The number of benzene rings is 1. The lowest BCUT2D eigenvalue weighted by atomic mass is 10.2. The Labute approximate surface area is 140 Å². The number of nitrogens with one attached hydrogen (secondary N) is 1. The largest absolute Gasteiger partial charge is 0.435 e. The molecule has 0 atom stereocenters. The quantitative estimate of drug-likeness (QED) is 0.786. The molecule has 2 heterocycles. The second-order valence-corrected chi connectivity index (χ2v) is 5.06. The highest BCUT2D eigenvalue weighted by Gasteiger charge is 2.33. The van der Waals surface area contributed by atoms with Gasteiger partial charge in [-0.3, -0.25) is 0 Å². The van der Waals surface area contributed by atoms with Crippen molar-refractivity contribution in [2.45, 2.75) is 12.7 Å². The molecule has 9 heteroatoms. The average Bonchev–Trinajstić information content (AvgIpc) is 3.11. The van der Waals surface area contributed by atoms with E-state index in [1.165, 1.54) is 23.3 Å². The predicted octanol–water partition coefficient (Wildman–Crippen LogP) is 3.16. The van der Waals surface area contributed by atoms with Gasteiger partial charge in [0.05, 0.1) is 18.1 Å². The first-order valence-electron chi connectivity index (χ1n) is 7.14. The maximum Gasteiger partial charge on any atom is 0.435 e. The van der Waals surface area contributed by atoms with Gasteiger partial charge in [0.1, 0.15) is 11.9 Å². The third-order valence-corrected chi connectivity index (χ3v) is 3.32. The molecule has 1 aromatic carbocycles. The molecule has 0 aliphatic rings. The predicted molar refractivity (Wildman–Crippen MR) is 82.6 cm³/mol. The van der Waals surface area contributed by atoms with Crippen LogP contribution in [0.5, 0.6) is 0 Å². The van der Waals surface area contributed by atoms with E-state index in [9.17, 15) is 13.2 Å². The van der Waals surface area contributed by atoms with Gasteiger partial charge in [0, 0.05) is 12.7 Å². The molecular weight excluding hydrogens is 333 g/mol. The van der Waals surface area contributed by atoms with E-state index in [1.807, 2.05) is 6.07 Å². The summed E-state index contributed by atoms with van der Waals surface area (Å²) >= 11 is 0. The van der Waals surface area contributed by atoms with Gasteiger partial charge in [0.25, 0.3) is 0 Å². The molecule has 0 bridgehead atoms. The Bertz CT molecular complexity index is 891. The summed E-state index contributed by atoms with van der Waals surface area (Å²) < 4.78 is 38.9. The van der Waals surface area contributed by atoms with Crippen molar-refractivity contribution in [3.05, 3.63) is 65.9 Å². The molecule has 0 spiro atoms. The van der Waals surface area contributed by atoms with E-state index in [-0.39, 0.29) is 5.69 Å².